The minimum absolute atomic E-state index is 0. The molecule has 5 aromatic rings. The fraction of sp³-hybridized carbons (Fsp3) is 0.438. The largest absolute Gasteiger partial charge is 0.444 e. The van der Waals surface area contributed by atoms with Gasteiger partial charge in [-0.2, -0.15) is 0 Å². The van der Waals surface area contributed by atoms with E-state index in [-0.39, 0.29) is 61.1 Å². The van der Waals surface area contributed by atoms with Gasteiger partial charge in [-0.15, -0.1) is 0 Å². The van der Waals surface area contributed by atoms with Crippen LogP contribution in [0.5, 0.6) is 0 Å². The van der Waals surface area contributed by atoms with Crippen LogP contribution in [0.2, 0.25) is 0 Å². The van der Waals surface area contributed by atoms with E-state index in [1.165, 1.54) is 31.9 Å². The predicted molar refractivity (Wildman–Crippen MR) is 316 cm³/mol. The molecule has 2 aliphatic heterocycles. The number of carbonyl (C=O) groups is 6. The summed E-state index contributed by atoms with van der Waals surface area (Å²) in [6.45, 7) is 13.0. The van der Waals surface area contributed by atoms with E-state index in [4.69, 9.17) is 4.74 Å². The first-order valence-electron chi connectivity index (χ1n) is 27.8. The van der Waals surface area contributed by atoms with E-state index in [1.807, 2.05) is 26.0 Å². The first-order valence-corrected chi connectivity index (χ1v) is 27.8. The van der Waals surface area contributed by atoms with Gasteiger partial charge in [0.25, 0.3) is 0 Å². The fourth-order valence-electron chi connectivity index (χ4n) is 10.6. The summed E-state index contributed by atoms with van der Waals surface area (Å²) in [6, 6.07) is 41.3. The Kier molecular flexibility index (Phi) is 25.9. The van der Waals surface area contributed by atoms with Crippen molar-refractivity contribution in [3.63, 3.8) is 0 Å². The number of aliphatic hydroxyl groups excluding tert-OH is 1. The number of likely N-dealkylation sites (tertiary alicyclic amines) is 2. The molecule has 2 fully saturated rings. The van der Waals surface area contributed by atoms with Crippen LogP contribution < -0.4 is 26.6 Å². The van der Waals surface area contributed by atoms with Crippen LogP contribution in [0.15, 0.2) is 133 Å². The highest BCUT2D eigenvalue weighted by Gasteiger charge is 2.36. The number of ketones is 3. The zero-order valence-electron chi connectivity index (χ0n) is 46.2. The number of hydrogen-bond donors (Lipinski definition) is 6. The molecule has 15 heteroatoms. The number of carbonyl (C=O) groups excluding carboxylic acids is 6. The summed E-state index contributed by atoms with van der Waals surface area (Å²) in [4.78, 5) is 77.5. The molecule has 0 spiro atoms. The van der Waals surface area contributed by atoms with E-state index in [2.05, 4.69) is 84.9 Å². The molecule has 5 amide bonds. The molecule has 7 rings (SSSR count). The smallest absolute Gasteiger partial charge is 0.411 e. The Hall–Kier alpha value is -7.20. The van der Waals surface area contributed by atoms with Gasteiger partial charge in [-0.3, -0.25) is 29.5 Å². The number of amides is 5. The number of ether oxygens (including phenoxy) is 1. The predicted octanol–water partition coefficient (Wildman–Crippen LogP) is 12.1. The first kappa shape index (κ1) is 62.6. The van der Waals surface area contributed by atoms with Crippen molar-refractivity contribution in [2.75, 3.05) is 55.2 Å². The van der Waals surface area contributed by atoms with Crippen molar-refractivity contribution >= 4 is 52.6 Å². The second kappa shape index (κ2) is 32.6. The van der Waals surface area contributed by atoms with Gasteiger partial charge in [0, 0.05) is 72.0 Å². The minimum atomic E-state index is -0.542. The van der Waals surface area contributed by atoms with E-state index in [0.29, 0.717) is 65.1 Å². The third kappa shape index (κ3) is 20.8. The molecule has 424 valence electrons. The molecule has 2 aliphatic rings. The molecule has 0 saturated carbocycles. The molecule has 0 radical (unpaired) electrons. The summed E-state index contributed by atoms with van der Waals surface area (Å²) in [7, 11) is 0. The van der Waals surface area contributed by atoms with Crippen LogP contribution in [0, 0.1) is 11.8 Å². The van der Waals surface area contributed by atoms with Crippen molar-refractivity contribution in [2.45, 2.75) is 131 Å². The number of benzene rings is 5. The van der Waals surface area contributed by atoms with Crippen molar-refractivity contribution < 1.29 is 38.6 Å². The van der Waals surface area contributed by atoms with E-state index in [0.717, 1.165) is 84.0 Å². The highest BCUT2D eigenvalue weighted by molar-refractivity contribution is 5.98. The Morgan fingerprint density at radius 2 is 0.949 bits per heavy atom. The molecule has 79 heavy (non-hydrogen) atoms. The summed E-state index contributed by atoms with van der Waals surface area (Å²) in [6.07, 6.45) is 7.83. The Morgan fingerprint density at radius 1 is 0.544 bits per heavy atom. The maximum atomic E-state index is 13.0. The molecule has 2 saturated heterocycles. The standard InChI is InChI=1S/C36H44N4O5.C27H37N3O3.CH4/c1-4-34(45-36(44)39-32-16-9-14-30(24-32)26(3)42)33-22-28(21-27-11-6-5-7-12-27)17-20-40(33)19-10-18-37-35(43)38-31-15-8-13-29(23-31)25(2)41;1-3-26(32)25-18-22(17-21-9-5-4-6-10-21)13-16-30(25)15-8-14-28-27(33)29-24-12-7-11-23(19-24)20(2)31;/h5-9,11-16,23-24,28,33-34H,4,10,17-22H2,1-3H3,(H,39,44)(H2,37,38,43);4-7,9-12,19,22,25-26,32H,3,8,13-18H2,1-2H3,(H2,28,29,33);1H4/t28-,33-,34+;22-,25-,26+;/m11./s1. The summed E-state index contributed by atoms with van der Waals surface area (Å²) < 4.78 is 6.03. The zero-order chi connectivity index (χ0) is 55.8. The average Bonchev–Trinajstić information content (AvgIpc) is 3.44. The lowest BCUT2D eigenvalue weighted by molar-refractivity contribution is -0.00131. The lowest BCUT2D eigenvalue weighted by atomic mass is 9.83. The van der Waals surface area contributed by atoms with Crippen LogP contribution in [0.1, 0.15) is 136 Å². The van der Waals surface area contributed by atoms with Gasteiger partial charge in [0.05, 0.1) is 6.10 Å². The summed E-state index contributed by atoms with van der Waals surface area (Å²) >= 11 is 0. The Morgan fingerprint density at radius 3 is 1.35 bits per heavy atom. The van der Waals surface area contributed by atoms with Gasteiger partial charge in [-0.05, 0) is 157 Å². The second-order valence-corrected chi connectivity index (χ2v) is 20.7. The Balaban J connectivity index is 0.000000301. The van der Waals surface area contributed by atoms with E-state index >= 15 is 0 Å². The molecule has 0 aromatic heterocycles. The quantitative estimate of drug-likeness (QED) is 0.0270. The van der Waals surface area contributed by atoms with Crippen molar-refractivity contribution in [3.8, 4) is 0 Å². The Labute approximate surface area is 468 Å². The number of nitrogens with one attached hydrogen (secondary N) is 5. The van der Waals surface area contributed by atoms with Gasteiger partial charge in [-0.1, -0.05) is 118 Å². The van der Waals surface area contributed by atoms with Crippen molar-refractivity contribution in [3.05, 3.63) is 161 Å². The van der Waals surface area contributed by atoms with Crippen molar-refractivity contribution in [2.24, 2.45) is 11.8 Å². The van der Waals surface area contributed by atoms with Crippen molar-refractivity contribution in [1.29, 1.82) is 0 Å². The lowest BCUT2D eigenvalue weighted by Gasteiger charge is -2.43. The van der Waals surface area contributed by atoms with Gasteiger partial charge in [0.2, 0.25) is 0 Å². The van der Waals surface area contributed by atoms with Crippen LogP contribution in [-0.4, -0.2) is 114 Å². The molecular weight excluding hydrogens is 995 g/mol. The number of piperidine rings is 2. The molecule has 15 nitrogen and oxygen atoms in total. The number of nitrogens with zero attached hydrogens (tertiary/aromatic N) is 2. The summed E-state index contributed by atoms with van der Waals surface area (Å²) in [5.74, 6) is 0.876. The van der Waals surface area contributed by atoms with Gasteiger partial charge in [-0.25, -0.2) is 14.4 Å². The SMILES string of the molecule is C.CC[C@H](O)[C@H]1C[C@@H](Cc2ccccc2)CCN1CCCNC(=O)Nc1cccc(C(C)=O)c1.CC[C@H](OC(=O)Nc1cccc(C(C)=O)c1)[C@H]1C[C@@H](Cc2ccccc2)CCN1CCCNC(=O)Nc1cccc(C(C)=O)c1. The molecule has 0 aliphatic carbocycles. The highest BCUT2D eigenvalue weighted by atomic mass is 16.6. The number of hydrogen-bond acceptors (Lipinski definition) is 10. The third-order valence-corrected chi connectivity index (χ3v) is 14.8. The topological polar surface area (TPSA) is 199 Å². The number of Topliss-reactive ketones (excluding diaryl/α,β-unsaturated/α-hetero) is 3. The molecule has 6 atom stereocenters. The molecular formula is C64H85N7O8. The molecule has 5 aromatic carbocycles. The summed E-state index contributed by atoms with van der Waals surface area (Å²) in [5, 5.41) is 24.8. The molecule has 2 heterocycles. The van der Waals surface area contributed by atoms with Crippen molar-refractivity contribution in [1.82, 2.24) is 20.4 Å². The van der Waals surface area contributed by atoms with Crippen LogP contribution in [0.25, 0.3) is 0 Å². The van der Waals surface area contributed by atoms with Gasteiger partial charge >= 0.3 is 18.2 Å². The van der Waals surface area contributed by atoms with E-state index in [1.54, 1.807) is 72.8 Å². The van der Waals surface area contributed by atoms with Crippen LogP contribution in [0.4, 0.5) is 31.4 Å². The number of urea groups is 2. The van der Waals surface area contributed by atoms with Gasteiger partial charge in [0.1, 0.15) is 6.10 Å². The zero-order valence-corrected chi connectivity index (χ0v) is 46.2. The van der Waals surface area contributed by atoms with E-state index < -0.39 is 6.09 Å². The maximum Gasteiger partial charge on any atom is 0.411 e. The van der Waals surface area contributed by atoms with Crippen LogP contribution >= 0.6 is 0 Å². The molecule has 0 unspecified atom stereocenters. The normalized spacial score (nSPS) is 17.9. The summed E-state index contributed by atoms with van der Waals surface area (Å²) in [5.41, 5.74) is 5.99. The van der Waals surface area contributed by atoms with Gasteiger partial charge < -0.3 is 31.1 Å². The number of anilines is 3. The van der Waals surface area contributed by atoms with E-state index in [9.17, 15) is 33.9 Å². The number of aliphatic hydroxyl groups is 1. The average molecular weight is 1080 g/mol. The molecule has 0 bridgehead atoms. The monoisotopic (exact) mass is 1080 g/mol. The van der Waals surface area contributed by atoms with Crippen LogP contribution in [0.3, 0.4) is 0 Å². The lowest BCUT2D eigenvalue weighted by Crippen LogP contribution is -2.51. The second-order valence-electron chi connectivity index (χ2n) is 20.7. The molecule has 6 N–H and O–H groups in total. The third-order valence-electron chi connectivity index (χ3n) is 14.8. The van der Waals surface area contributed by atoms with Crippen LogP contribution in [-0.2, 0) is 17.6 Å². The fourth-order valence-corrected chi connectivity index (χ4v) is 10.6. The highest BCUT2D eigenvalue weighted by Crippen LogP contribution is 2.32. The number of rotatable bonds is 23. The maximum absolute atomic E-state index is 13.0. The minimum Gasteiger partial charge on any atom is -0.444 e. The van der Waals surface area contributed by atoms with Gasteiger partial charge in [0.15, 0.2) is 17.3 Å². The Bertz CT molecular complexity index is 2720. The first-order chi connectivity index (χ1) is 37.7.